The highest BCUT2D eigenvalue weighted by Gasteiger charge is 2.41. The fourth-order valence-corrected chi connectivity index (χ4v) is 2.99. The van der Waals surface area contributed by atoms with Crippen molar-refractivity contribution in [3.05, 3.63) is 0 Å². The van der Waals surface area contributed by atoms with Gasteiger partial charge in [0.2, 0.25) is 0 Å². The monoisotopic (exact) mass is 167 g/mol. The minimum Gasteiger partial charge on any atom is -0.311 e. The van der Waals surface area contributed by atoms with Crippen molar-refractivity contribution in [2.24, 2.45) is 11.8 Å². The van der Waals surface area contributed by atoms with Crippen LogP contribution in [0.1, 0.15) is 46.0 Å². The summed E-state index contributed by atoms with van der Waals surface area (Å²) < 4.78 is 0. The first-order valence-corrected chi connectivity index (χ1v) is 5.47. The summed E-state index contributed by atoms with van der Waals surface area (Å²) in [5.41, 5.74) is 0.592. The smallest absolute Gasteiger partial charge is 0.0184 e. The van der Waals surface area contributed by atoms with Crippen LogP contribution in [0.15, 0.2) is 0 Å². The minimum atomic E-state index is 0.592. The molecule has 0 bridgehead atoms. The van der Waals surface area contributed by atoms with Gasteiger partial charge in [-0.15, -0.1) is 0 Å². The van der Waals surface area contributed by atoms with E-state index in [1.54, 1.807) is 0 Å². The summed E-state index contributed by atoms with van der Waals surface area (Å²) in [4.78, 5) is 0. The maximum Gasteiger partial charge on any atom is 0.0184 e. The van der Waals surface area contributed by atoms with Gasteiger partial charge in [-0.25, -0.2) is 0 Å². The van der Waals surface area contributed by atoms with Crippen LogP contribution in [0.5, 0.6) is 0 Å². The fraction of sp³-hybridized carbons (Fsp3) is 1.00. The van der Waals surface area contributed by atoms with E-state index in [1.165, 1.54) is 38.6 Å². The van der Waals surface area contributed by atoms with Crippen LogP contribution in [0, 0.1) is 11.8 Å². The first-order chi connectivity index (χ1) is 5.72. The second kappa shape index (κ2) is 3.02. The van der Waals surface area contributed by atoms with E-state index in [1.807, 2.05) is 0 Å². The average Bonchev–Trinajstić information content (AvgIpc) is 2.62. The van der Waals surface area contributed by atoms with E-state index in [0.717, 1.165) is 11.8 Å². The van der Waals surface area contributed by atoms with Crippen LogP contribution < -0.4 is 5.32 Å². The summed E-state index contributed by atoms with van der Waals surface area (Å²) >= 11 is 0. The fourth-order valence-electron chi connectivity index (χ4n) is 2.99. The van der Waals surface area contributed by atoms with Crippen LogP contribution in [0.25, 0.3) is 0 Å². The normalized spacial score (nSPS) is 41.8. The summed E-state index contributed by atoms with van der Waals surface area (Å²) in [6.07, 6.45) is 7.20. The van der Waals surface area contributed by atoms with Crippen molar-refractivity contribution in [3.8, 4) is 0 Å². The molecule has 1 saturated heterocycles. The van der Waals surface area contributed by atoms with Crippen molar-refractivity contribution in [2.75, 3.05) is 6.54 Å². The number of hydrogen-bond donors (Lipinski definition) is 1. The highest BCUT2D eigenvalue weighted by Crippen LogP contribution is 2.42. The van der Waals surface area contributed by atoms with E-state index in [2.05, 4.69) is 19.2 Å². The summed E-state index contributed by atoms with van der Waals surface area (Å²) in [5.74, 6) is 1.89. The Morgan fingerprint density at radius 3 is 2.67 bits per heavy atom. The molecule has 1 saturated carbocycles. The topological polar surface area (TPSA) is 12.0 Å². The zero-order valence-electron chi connectivity index (χ0n) is 8.40. The molecule has 0 radical (unpaired) electrons. The van der Waals surface area contributed by atoms with Crippen molar-refractivity contribution in [3.63, 3.8) is 0 Å². The lowest BCUT2D eigenvalue weighted by Crippen LogP contribution is -2.36. The second-order valence-corrected chi connectivity index (χ2v) is 5.06. The Balaban J connectivity index is 1.96. The molecule has 12 heavy (non-hydrogen) atoms. The van der Waals surface area contributed by atoms with Crippen LogP contribution in [0.2, 0.25) is 0 Å². The van der Waals surface area contributed by atoms with E-state index in [-0.39, 0.29) is 0 Å². The summed E-state index contributed by atoms with van der Waals surface area (Å²) in [6, 6.07) is 0. The quantitative estimate of drug-likeness (QED) is 0.633. The molecule has 2 fully saturated rings. The van der Waals surface area contributed by atoms with Gasteiger partial charge in [0.05, 0.1) is 0 Å². The molecule has 1 aliphatic carbocycles. The van der Waals surface area contributed by atoms with Crippen LogP contribution in [-0.4, -0.2) is 12.1 Å². The lowest BCUT2D eigenvalue weighted by atomic mass is 9.89. The molecule has 1 heterocycles. The Bertz CT molecular complexity index is 156. The van der Waals surface area contributed by atoms with Crippen LogP contribution in [0.3, 0.4) is 0 Å². The van der Waals surface area contributed by atoms with Crippen molar-refractivity contribution in [1.29, 1.82) is 0 Å². The third-order valence-corrected chi connectivity index (χ3v) is 3.92. The predicted octanol–water partition coefficient (Wildman–Crippen LogP) is 2.56. The molecular weight excluding hydrogens is 146 g/mol. The molecule has 70 valence electrons. The second-order valence-electron chi connectivity index (χ2n) is 5.06. The van der Waals surface area contributed by atoms with Gasteiger partial charge in [0.15, 0.2) is 0 Å². The Hall–Kier alpha value is -0.0400. The Kier molecular flexibility index (Phi) is 2.16. The summed E-state index contributed by atoms with van der Waals surface area (Å²) in [5, 5.41) is 3.72. The van der Waals surface area contributed by atoms with Crippen LogP contribution in [-0.2, 0) is 0 Å². The van der Waals surface area contributed by atoms with Crippen molar-refractivity contribution in [1.82, 2.24) is 5.32 Å². The summed E-state index contributed by atoms with van der Waals surface area (Å²) in [7, 11) is 0. The largest absolute Gasteiger partial charge is 0.311 e. The van der Waals surface area contributed by atoms with E-state index in [9.17, 15) is 0 Å². The zero-order valence-corrected chi connectivity index (χ0v) is 8.40. The standard InChI is InChI=1S/C11H21N/c1-9(2)10-4-6-11(8-10)5-3-7-12-11/h9-10,12H,3-8H2,1-2H3. The van der Waals surface area contributed by atoms with Crippen molar-refractivity contribution in [2.45, 2.75) is 51.5 Å². The van der Waals surface area contributed by atoms with Gasteiger partial charge < -0.3 is 5.32 Å². The SMILES string of the molecule is CC(C)C1CCC2(CCCN2)C1. The molecule has 0 aromatic rings. The maximum atomic E-state index is 3.72. The molecule has 2 aliphatic rings. The Morgan fingerprint density at radius 1 is 1.33 bits per heavy atom. The minimum absolute atomic E-state index is 0.592. The molecule has 0 aromatic heterocycles. The van der Waals surface area contributed by atoms with Gasteiger partial charge in [-0.2, -0.15) is 0 Å². The molecule has 1 spiro atoms. The number of nitrogens with one attached hydrogen (secondary N) is 1. The van der Waals surface area contributed by atoms with Gasteiger partial charge in [-0.1, -0.05) is 13.8 Å². The molecule has 1 aliphatic heterocycles. The van der Waals surface area contributed by atoms with Crippen molar-refractivity contribution < 1.29 is 0 Å². The molecule has 2 atom stereocenters. The molecule has 2 rings (SSSR count). The Morgan fingerprint density at radius 2 is 2.17 bits per heavy atom. The molecule has 1 heteroatoms. The first-order valence-electron chi connectivity index (χ1n) is 5.47. The average molecular weight is 167 g/mol. The van der Waals surface area contributed by atoms with Gasteiger partial charge in [0.1, 0.15) is 0 Å². The van der Waals surface area contributed by atoms with E-state index < -0.39 is 0 Å². The summed E-state index contributed by atoms with van der Waals surface area (Å²) in [6.45, 7) is 6.02. The van der Waals surface area contributed by atoms with Crippen LogP contribution in [0.4, 0.5) is 0 Å². The molecular formula is C11H21N. The van der Waals surface area contributed by atoms with Crippen molar-refractivity contribution >= 4 is 0 Å². The third kappa shape index (κ3) is 1.39. The van der Waals surface area contributed by atoms with Crippen LogP contribution >= 0.6 is 0 Å². The van der Waals surface area contributed by atoms with E-state index in [4.69, 9.17) is 0 Å². The highest BCUT2D eigenvalue weighted by atomic mass is 15.0. The van der Waals surface area contributed by atoms with E-state index >= 15 is 0 Å². The molecule has 0 aromatic carbocycles. The lowest BCUT2D eigenvalue weighted by Gasteiger charge is -2.24. The predicted molar refractivity (Wildman–Crippen MR) is 52.1 cm³/mol. The molecule has 1 N–H and O–H groups in total. The molecule has 1 nitrogen and oxygen atoms in total. The lowest BCUT2D eigenvalue weighted by molar-refractivity contribution is 0.331. The van der Waals surface area contributed by atoms with Gasteiger partial charge in [0, 0.05) is 5.54 Å². The first kappa shape index (κ1) is 8.55. The van der Waals surface area contributed by atoms with Gasteiger partial charge in [0.25, 0.3) is 0 Å². The molecule has 0 amide bonds. The third-order valence-electron chi connectivity index (χ3n) is 3.92. The zero-order chi connectivity index (χ0) is 8.60. The Labute approximate surface area is 75.9 Å². The van der Waals surface area contributed by atoms with Gasteiger partial charge in [-0.05, 0) is 50.5 Å². The van der Waals surface area contributed by atoms with Gasteiger partial charge in [-0.3, -0.25) is 0 Å². The number of hydrogen-bond acceptors (Lipinski definition) is 1. The maximum absolute atomic E-state index is 3.72. The highest BCUT2D eigenvalue weighted by molar-refractivity contribution is 4.99. The van der Waals surface area contributed by atoms with Gasteiger partial charge >= 0.3 is 0 Å². The number of rotatable bonds is 1. The molecule has 2 unspecified atom stereocenters. The van der Waals surface area contributed by atoms with E-state index in [0.29, 0.717) is 5.54 Å².